The molecule has 1 aromatic carbocycles. The number of rotatable bonds is 5. The monoisotopic (exact) mass is 258 g/mol. The molecule has 0 unspecified atom stereocenters. The van der Waals surface area contributed by atoms with Gasteiger partial charge in [-0.15, -0.1) is 0 Å². The number of benzene rings is 1. The summed E-state index contributed by atoms with van der Waals surface area (Å²) < 4.78 is 23.8. The lowest BCUT2D eigenvalue weighted by atomic mass is 10.3. The summed E-state index contributed by atoms with van der Waals surface area (Å²) >= 11 is 0. The highest BCUT2D eigenvalue weighted by molar-refractivity contribution is 7.91. The van der Waals surface area contributed by atoms with Gasteiger partial charge in [0.1, 0.15) is 10.6 Å². The molecule has 0 saturated heterocycles. The van der Waals surface area contributed by atoms with E-state index in [9.17, 15) is 18.5 Å². The van der Waals surface area contributed by atoms with Crippen molar-refractivity contribution in [2.75, 3.05) is 11.5 Å². The third-order valence-electron chi connectivity index (χ3n) is 2.31. The number of sulfone groups is 1. The maximum Gasteiger partial charge on any atom is 0.310 e. The normalized spacial score (nSPS) is 11.4. The van der Waals surface area contributed by atoms with Crippen molar-refractivity contribution in [3.05, 3.63) is 28.3 Å². The predicted octanol–water partition coefficient (Wildman–Crippen LogP) is 1.75. The zero-order valence-electron chi connectivity index (χ0n) is 9.42. The Morgan fingerprint density at radius 1 is 1.41 bits per heavy atom. The minimum absolute atomic E-state index is 0.103. The molecule has 0 aliphatic carbocycles. The highest BCUT2D eigenvalue weighted by atomic mass is 32.2. The van der Waals surface area contributed by atoms with Crippen LogP contribution in [0.15, 0.2) is 23.1 Å². The maximum absolute atomic E-state index is 11.9. The molecule has 0 atom stereocenters. The topological polar surface area (TPSA) is 103 Å². The number of nitrogens with two attached hydrogens (primary N) is 1. The zero-order chi connectivity index (χ0) is 13.1. The molecule has 17 heavy (non-hydrogen) atoms. The average Bonchev–Trinajstić information content (AvgIpc) is 2.25. The van der Waals surface area contributed by atoms with Crippen LogP contribution in [0.4, 0.5) is 11.4 Å². The molecule has 0 radical (unpaired) electrons. The first-order valence-corrected chi connectivity index (χ1v) is 6.81. The maximum atomic E-state index is 11.9. The van der Waals surface area contributed by atoms with Gasteiger partial charge in [-0.05, 0) is 18.6 Å². The quantitative estimate of drug-likeness (QED) is 0.492. The number of nitrogen functional groups attached to an aromatic ring is 1. The Hall–Kier alpha value is -1.63. The molecule has 0 heterocycles. The summed E-state index contributed by atoms with van der Waals surface area (Å²) in [5, 5.41) is 10.8. The van der Waals surface area contributed by atoms with Gasteiger partial charge in [-0.1, -0.05) is 19.4 Å². The summed E-state index contributed by atoms with van der Waals surface area (Å²) in [6.45, 7) is 1.85. The third kappa shape index (κ3) is 2.94. The van der Waals surface area contributed by atoms with Crippen LogP contribution in [-0.4, -0.2) is 19.1 Å². The fourth-order valence-electron chi connectivity index (χ4n) is 1.43. The molecular formula is C10H14N2O4S. The predicted molar refractivity (Wildman–Crippen MR) is 64.5 cm³/mol. The van der Waals surface area contributed by atoms with Gasteiger partial charge in [-0.2, -0.15) is 0 Å². The van der Waals surface area contributed by atoms with Gasteiger partial charge in [-0.3, -0.25) is 10.1 Å². The fourth-order valence-corrected chi connectivity index (χ4v) is 3.09. The number of hydrogen-bond donors (Lipinski definition) is 1. The van der Waals surface area contributed by atoms with Crippen molar-refractivity contribution in [2.45, 2.75) is 24.7 Å². The summed E-state index contributed by atoms with van der Waals surface area (Å²) in [6.07, 6.45) is 1.17. The molecule has 0 saturated carbocycles. The van der Waals surface area contributed by atoms with Gasteiger partial charge >= 0.3 is 5.69 Å². The van der Waals surface area contributed by atoms with Gasteiger partial charge in [0.15, 0.2) is 9.84 Å². The largest absolute Gasteiger partial charge is 0.393 e. The van der Waals surface area contributed by atoms with E-state index < -0.39 is 20.4 Å². The van der Waals surface area contributed by atoms with Crippen molar-refractivity contribution in [2.24, 2.45) is 0 Å². The van der Waals surface area contributed by atoms with E-state index in [1.165, 1.54) is 18.2 Å². The molecule has 2 N–H and O–H groups in total. The van der Waals surface area contributed by atoms with E-state index in [4.69, 9.17) is 5.73 Å². The van der Waals surface area contributed by atoms with Crippen molar-refractivity contribution < 1.29 is 13.3 Å². The molecule has 0 spiro atoms. The van der Waals surface area contributed by atoms with Crippen LogP contribution in [0.2, 0.25) is 0 Å². The second-order valence-corrected chi connectivity index (χ2v) is 5.70. The van der Waals surface area contributed by atoms with Crippen LogP contribution in [0.5, 0.6) is 0 Å². The Kier molecular flexibility index (Phi) is 4.06. The molecule has 0 fully saturated rings. The number of nitro groups is 1. The van der Waals surface area contributed by atoms with Crippen LogP contribution >= 0.6 is 0 Å². The highest BCUT2D eigenvalue weighted by Gasteiger charge is 2.27. The van der Waals surface area contributed by atoms with Crippen LogP contribution < -0.4 is 5.73 Å². The number of anilines is 1. The Morgan fingerprint density at radius 3 is 2.59 bits per heavy atom. The molecule has 94 valence electrons. The molecule has 6 nitrogen and oxygen atoms in total. The number of para-hydroxylation sites is 1. The van der Waals surface area contributed by atoms with Gasteiger partial charge in [0.25, 0.3) is 0 Å². The first-order valence-electron chi connectivity index (χ1n) is 5.15. The van der Waals surface area contributed by atoms with Gasteiger partial charge in [0, 0.05) is 0 Å². The first kappa shape index (κ1) is 13.4. The van der Waals surface area contributed by atoms with E-state index in [0.29, 0.717) is 12.8 Å². The minimum atomic E-state index is -3.64. The van der Waals surface area contributed by atoms with E-state index in [1.807, 2.05) is 6.92 Å². The van der Waals surface area contributed by atoms with Crippen LogP contribution in [-0.2, 0) is 9.84 Å². The van der Waals surface area contributed by atoms with Crippen molar-refractivity contribution in [3.63, 3.8) is 0 Å². The lowest BCUT2D eigenvalue weighted by Gasteiger charge is -2.06. The SMILES string of the molecule is CCCCS(=O)(=O)c1cccc(N)c1[N+](=O)[O-]. The first-order chi connectivity index (χ1) is 7.90. The number of hydrogen-bond acceptors (Lipinski definition) is 5. The summed E-state index contributed by atoms with van der Waals surface area (Å²) in [4.78, 5) is 9.77. The summed E-state index contributed by atoms with van der Waals surface area (Å²) in [5.74, 6) is -0.103. The molecule has 1 rings (SSSR count). The molecule has 0 aliphatic rings. The molecule has 0 aliphatic heterocycles. The summed E-state index contributed by atoms with van der Waals surface area (Å²) in [6, 6.07) is 3.94. The molecule has 7 heteroatoms. The molecular weight excluding hydrogens is 244 g/mol. The van der Waals surface area contributed by atoms with Gasteiger partial charge in [0.05, 0.1) is 10.7 Å². The van der Waals surface area contributed by atoms with Gasteiger partial charge < -0.3 is 5.73 Å². The fraction of sp³-hybridized carbons (Fsp3) is 0.400. The second-order valence-electron chi connectivity index (χ2n) is 3.62. The van der Waals surface area contributed by atoms with Crippen LogP contribution in [0.3, 0.4) is 0 Å². The molecule has 1 aromatic rings. The van der Waals surface area contributed by atoms with Crippen molar-refractivity contribution in [1.29, 1.82) is 0 Å². The standard InChI is InChI=1S/C10H14N2O4S/c1-2-3-7-17(15,16)9-6-4-5-8(11)10(9)12(13)14/h4-6H,2-3,7,11H2,1H3. The molecule has 0 aromatic heterocycles. The van der Waals surface area contributed by atoms with Crippen molar-refractivity contribution in [3.8, 4) is 0 Å². The molecule has 0 amide bonds. The minimum Gasteiger partial charge on any atom is -0.393 e. The Labute approximate surface area is 99.5 Å². The van der Waals surface area contributed by atoms with Crippen LogP contribution in [0.25, 0.3) is 0 Å². The number of nitrogens with zero attached hydrogens (tertiary/aromatic N) is 1. The average molecular weight is 258 g/mol. The Morgan fingerprint density at radius 2 is 2.06 bits per heavy atom. The van der Waals surface area contributed by atoms with Gasteiger partial charge in [0.2, 0.25) is 0 Å². The lowest BCUT2D eigenvalue weighted by molar-refractivity contribution is -0.386. The van der Waals surface area contributed by atoms with Crippen molar-refractivity contribution >= 4 is 21.2 Å². The number of nitro benzene ring substituents is 1. The number of unbranched alkanes of at least 4 members (excludes halogenated alkanes) is 1. The summed E-state index contributed by atoms with van der Waals surface area (Å²) in [5.41, 5.74) is 4.79. The zero-order valence-corrected chi connectivity index (χ0v) is 10.2. The summed E-state index contributed by atoms with van der Waals surface area (Å²) in [7, 11) is -3.64. The van der Waals surface area contributed by atoms with E-state index in [1.54, 1.807) is 0 Å². The van der Waals surface area contributed by atoms with E-state index in [-0.39, 0.29) is 16.3 Å². The third-order valence-corrected chi connectivity index (χ3v) is 4.14. The van der Waals surface area contributed by atoms with E-state index >= 15 is 0 Å². The Bertz CT molecular complexity index is 525. The van der Waals surface area contributed by atoms with Crippen molar-refractivity contribution in [1.82, 2.24) is 0 Å². The van der Waals surface area contributed by atoms with E-state index in [2.05, 4.69) is 0 Å². The molecule has 0 bridgehead atoms. The highest BCUT2D eigenvalue weighted by Crippen LogP contribution is 2.30. The van der Waals surface area contributed by atoms with E-state index in [0.717, 1.165) is 0 Å². The Balaban J connectivity index is 3.31. The smallest absolute Gasteiger partial charge is 0.310 e. The van der Waals surface area contributed by atoms with Gasteiger partial charge in [-0.25, -0.2) is 8.42 Å². The lowest BCUT2D eigenvalue weighted by Crippen LogP contribution is -2.10. The second kappa shape index (κ2) is 5.13. The van der Waals surface area contributed by atoms with Crippen LogP contribution in [0.1, 0.15) is 19.8 Å². The van der Waals surface area contributed by atoms with Crippen LogP contribution in [0, 0.1) is 10.1 Å².